The van der Waals surface area contributed by atoms with Gasteiger partial charge >= 0.3 is 8.72 Å². The van der Waals surface area contributed by atoms with Crippen LogP contribution in [0.15, 0.2) is 0 Å². The maximum absolute atomic E-state index is 11.0. The van der Waals surface area contributed by atoms with Crippen molar-refractivity contribution in [1.82, 2.24) is 4.98 Å². The lowest BCUT2D eigenvalue weighted by Gasteiger charge is -2.25. The van der Waals surface area contributed by atoms with Gasteiger partial charge in [-0.05, 0) is 20.4 Å². The molecule has 0 bridgehead atoms. The van der Waals surface area contributed by atoms with Gasteiger partial charge in [0.1, 0.15) is 0 Å². The number of carbonyl (C=O) groups excluding carboxylic acids is 1. The molecule has 0 atom stereocenters. The number of nitrogens with one attached hydrogen (secondary N) is 1. The van der Waals surface area contributed by atoms with Crippen LogP contribution in [-0.4, -0.2) is 34.4 Å². The molecular weight excluding hydrogens is 188 g/mol. The summed E-state index contributed by atoms with van der Waals surface area (Å²) in [6.07, 6.45) is 0. The van der Waals surface area contributed by atoms with E-state index < -0.39 is 8.72 Å². The highest BCUT2D eigenvalue weighted by Gasteiger charge is 2.33. The van der Waals surface area contributed by atoms with Gasteiger partial charge in [0.2, 0.25) is 5.91 Å². The van der Waals surface area contributed by atoms with Crippen LogP contribution in [0.25, 0.3) is 0 Å². The highest BCUT2D eigenvalue weighted by molar-refractivity contribution is 6.66. The Kier molecular flexibility index (Phi) is 5.88. The van der Waals surface area contributed by atoms with Crippen LogP contribution < -0.4 is 10.7 Å². The van der Waals surface area contributed by atoms with Crippen molar-refractivity contribution in [3.05, 3.63) is 0 Å². The number of rotatable bonds is 6. The topological polar surface area (TPSA) is 73.6 Å². The predicted octanol–water partition coefficient (Wildman–Crippen LogP) is -0.297. The summed E-state index contributed by atoms with van der Waals surface area (Å²) in [6.45, 7) is 6.51. The lowest BCUT2D eigenvalue weighted by Crippen LogP contribution is -2.57. The van der Waals surface area contributed by atoms with E-state index in [0.717, 1.165) is 0 Å². The van der Waals surface area contributed by atoms with Gasteiger partial charge in [-0.1, -0.05) is 0 Å². The van der Waals surface area contributed by atoms with Crippen LogP contribution in [0.2, 0.25) is 6.55 Å². The monoisotopic (exact) mass is 206 g/mol. The Morgan fingerprint density at radius 1 is 1.38 bits per heavy atom. The van der Waals surface area contributed by atoms with E-state index in [-0.39, 0.29) is 12.5 Å². The quantitative estimate of drug-likeness (QED) is 0.585. The van der Waals surface area contributed by atoms with Gasteiger partial charge in [-0.2, -0.15) is 0 Å². The van der Waals surface area contributed by atoms with E-state index in [1.54, 1.807) is 6.55 Å². The van der Waals surface area contributed by atoms with Crippen LogP contribution in [0.5, 0.6) is 0 Å². The second-order valence-electron chi connectivity index (χ2n) is 2.56. The van der Waals surface area contributed by atoms with Crippen molar-refractivity contribution in [2.45, 2.75) is 20.4 Å². The molecule has 6 heteroatoms. The SMILES string of the molecule is CCO[Si](C)(NC(=O)CN)OCC. The van der Waals surface area contributed by atoms with Crippen molar-refractivity contribution < 1.29 is 13.6 Å². The molecule has 78 valence electrons. The zero-order valence-electron chi connectivity index (χ0n) is 8.42. The molecule has 0 saturated heterocycles. The molecule has 0 aromatic heterocycles. The third-order valence-electron chi connectivity index (χ3n) is 1.39. The highest BCUT2D eigenvalue weighted by atomic mass is 28.4. The number of carbonyl (C=O) groups is 1. The van der Waals surface area contributed by atoms with Gasteiger partial charge in [0.25, 0.3) is 0 Å². The smallest absolute Gasteiger partial charge is 0.379 e. The molecule has 0 unspecified atom stereocenters. The van der Waals surface area contributed by atoms with Gasteiger partial charge in [-0.15, -0.1) is 0 Å². The first-order chi connectivity index (χ1) is 6.08. The second-order valence-corrected chi connectivity index (χ2v) is 5.28. The molecule has 0 rings (SSSR count). The van der Waals surface area contributed by atoms with Crippen molar-refractivity contribution in [1.29, 1.82) is 0 Å². The molecule has 0 aliphatic carbocycles. The van der Waals surface area contributed by atoms with E-state index in [1.807, 2.05) is 13.8 Å². The third kappa shape index (κ3) is 4.99. The van der Waals surface area contributed by atoms with Crippen LogP contribution >= 0.6 is 0 Å². The average molecular weight is 206 g/mol. The fraction of sp³-hybridized carbons (Fsp3) is 0.857. The number of amides is 1. The van der Waals surface area contributed by atoms with Crippen LogP contribution in [0.1, 0.15) is 13.8 Å². The molecule has 0 saturated carbocycles. The van der Waals surface area contributed by atoms with E-state index in [4.69, 9.17) is 14.6 Å². The minimum Gasteiger partial charge on any atom is -0.379 e. The summed E-state index contributed by atoms with van der Waals surface area (Å²) in [5.74, 6) is -0.240. The van der Waals surface area contributed by atoms with Crippen molar-refractivity contribution in [3.63, 3.8) is 0 Å². The van der Waals surface area contributed by atoms with Crippen molar-refractivity contribution >= 4 is 14.6 Å². The normalized spacial score (nSPS) is 11.4. The largest absolute Gasteiger partial charge is 0.455 e. The Bertz CT molecular complexity index is 160. The molecule has 0 aromatic carbocycles. The summed E-state index contributed by atoms with van der Waals surface area (Å²) >= 11 is 0. The standard InChI is InChI=1S/C7H18N2O3Si/c1-4-11-13(3,12-5-2)9-7(10)6-8/h4-6,8H2,1-3H3,(H,9,10). The van der Waals surface area contributed by atoms with Crippen LogP contribution in [0.4, 0.5) is 0 Å². The van der Waals surface area contributed by atoms with Gasteiger partial charge in [0.05, 0.1) is 6.54 Å². The van der Waals surface area contributed by atoms with E-state index >= 15 is 0 Å². The molecule has 0 spiro atoms. The molecule has 0 aromatic rings. The van der Waals surface area contributed by atoms with Gasteiger partial charge < -0.3 is 19.6 Å². The Labute approximate surface area is 79.9 Å². The molecule has 0 aliphatic rings. The lowest BCUT2D eigenvalue weighted by atomic mass is 10.7. The van der Waals surface area contributed by atoms with E-state index in [1.165, 1.54) is 0 Å². The Morgan fingerprint density at radius 2 is 1.85 bits per heavy atom. The summed E-state index contributed by atoms with van der Waals surface area (Å²) in [7, 11) is -2.51. The molecule has 0 aliphatic heterocycles. The summed E-state index contributed by atoms with van der Waals surface area (Å²) in [4.78, 5) is 13.7. The molecule has 0 heterocycles. The first-order valence-electron chi connectivity index (χ1n) is 4.37. The summed E-state index contributed by atoms with van der Waals surface area (Å²) < 4.78 is 10.7. The minimum absolute atomic E-state index is 0.0389. The molecule has 5 nitrogen and oxygen atoms in total. The Morgan fingerprint density at radius 3 is 2.15 bits per heavy atom. The van der Waals surface area contributed by atoms with Gasteiger partial charge in [-0.3, -0.25) is 4.79 Å². The van der Waals surface area contributed by atoms with E-state index in [2.05, 4.69) is 4.98 Å². The molecular formula is C7H18N2O3Si. The maximum atomic E-state index is 11.0. The number of nitrogens with two attached hydrogens (primary N) is 1. The summed E-state index contributed by atoms with van der Waals surface area (Å²) in [5.41, 5.74) is 5.17. The minimum atomic E-state index is -2.51. The number of hydrogen-bond donors (Lipinski definition) is 2. The van der Waals surface area contributed by atoms with Crippen LogP contribution in [0, 0.1) is 0 Å². The fourth-order valence-corrected chi connectivity index (χ4v) is 2.91. The molecule has 0 fully saturated rings. The molecule has 3 N–H and O–H groups in total. The first-order valence-corrected chi connectivity index (χ1v) is 6.68. The van der Waals surface area contributed by atoms with Crippen molar-refractivity contribution in [3.8, 4) is 0 Å². The van der Waals surface area contributed by atoms with Crippen LogP contribution in [0.3, 0.4) is 0 Å². The summed E-state index contributed by atoms with van der Waals surface area (Å²) in [5, 5.41) is 0. The zero-order chi connectivity index (χ0) is 10.3. The average Bonchev–Trinajstić information content (AvgIpc) is 2.04. The lowest BCUT2D eigenvalue weighted by molar-refractivity contribution is -0.118. The third-order valence-corrected chi connectivity index (χ3v) is 3.80. The number of hydrogen-bond acceptors (Lipinski definition) is 4. The summed E-state index contributed by atoms with van der Waals surface area (Å²) in [6, 6.07) is 0. The zero-order valence-corrected chi connectivity index (χ0v) is 9.42. The van der Waals surface area contributed by atoms with Gasteiger partial charge in [0, 0.05) is 13.2 Å². The molecule has 13 heavy (non-hydrogen) atoms. The Balaban J connectivity index is 4.13. The van der Waals surface area contributed by atoms with Crippen LogP contribution in [-0.2, 0) is 13.6 Å². The maximum Gasteiger partial charge on any atom is 0.455 e. The van der Waals surface area contributed by atoms with E-state index in [0.29, 0.717) is 13.2 Å². The fourth-order valence-electron chi connectivity index (χ4n) is 0.969. The molecule has 1 amide bonds. The second kappa shape index (κ2) is 6.09. The highest BCUT2D eigenvalue weighted by Crippen LogP contribution is 2.02. The Hall–Kier alpha value is -0.433. The first kappa shape index (κ1) is 12.6. The van der Waals surface area contributed by atoms with Gasteiger partial charge in [0.15, 0.2) is 0 Å². The van der Waals surface area contributed by atoms with E-state index in [9.17, 15) is 4.79 Å². The molecule has 0 radical (unpaired) electrons. The predicted molar refractivity (Wildman–Crippen MR) is 52.1 cm³/mol. The van der Waals surface area contributed by atoms with Gasteiger partial charge in [-0.25, -0.2) is 0 Å². The van der Waals surface area contributed by atoms with Crippen molar-refractivity contribution in [2.24, 2.45) is 5.73 Å². The van der Waals surface area contributed by atoms with Crippen molar-refractivity contribution in [2.75, 3.05) is 19.8 Å².